The lowest BCUT2D eigenvalue weighted by molar-refractivity contribution is 0.664. The van der Waals surface area contributed by atoms with Crippen LogP contribution >= 0.6 is 11.3 Å². The summed E-state index contributed by atoms with van der Waals surface area (Å²) in [5.41, 5.74) is 13.5. The van der Waals surface area contributed by atoms with Crippen molar-refractivity contribution in [2.75, 3.05) is 4.90 Å². The summed E-state index contributed by atoms with van der Waals surface area (Å²) in [7, 11) is 0. The number of hydrogen-bond acceptors (Lipinski definition) is 4. The summed E-state index contributed by atoms with van der Waals surface area (Å²) in [6.45, 7) is 0. The lowest BCUT2D eigenvalue weighted by Gasteiger charge is -2.26. The minimum Gasteiger partial charge on any atom is -0.456 e. The highest BCUT2D eigenvalue weighted by atomic mass is 32.1. The van der Waals surface area contributed by atoms with E-state index >= 15 is 0 Å². The third-order valence-electron chi connectivity index (χ3n) is 11.5. The summed E-state index contributed by atoms with van der Waals surface area (Å²) in [5.74, 6) is 0. The summed E-state index contributed by atoms with van der Waals surface area (Å²) >= 11 is 1.84. The van der Waals surface area contributed by atoms with Gasteiger partial charge in [0.25, 0.3) is 0 Å². The first-order valence-electron chi connectivity index (χ1n) is 19.6. The van der Waals surface area contributed by atoms with Crippen molar-refractivity contribution in [1.82, 2.24) is 0 Å². The number of nitrogens with zero attached hydrogens (tertiary/aromatic N) is 1. The Labute approximate surface area is 338 Å². The largest absolute Gasteiger partial charge is 0.456 e. The molecule has 0 amide bonds. The Kier molecular flexibility index (Phi) is 7.40. The second-order valence-electron chi connectivity index (χ2n) is 14.8. The van der Waals surface area contributed by atoms with Crippen LogP contribution in [0, 0.1) is 0 Å². The zero-order valence-electron chi connectivity index (χ0n) is 31.2. The molecule has 272 valence electrons. The van der Waals surface area contributed by atoms with Gasteiger partial charge in [0.2, 0.25) is 0 Å². The number of furan rings is 2. The van der Waals surface area contributed by atoms with E-state index in [4.69, 9.17) is 8.83 Å². The number of anilines is 3. The standard InChI is InChI=1S/C54H33NO2S/c1-3-12-34(13-4-1)36-22-24-38(25-23-36)51-52-44-17-7-9-20-47(44)56-49(52)33-45-41-31-30-40(32-48(41)57-53(45)51)55(39-28-26-37(27-29-39)35-14-5-2-6-15-35)46-19-11-18-43-42-16-8-10-21-50(42)58-54(43)46/h1-33H. The number of thiophene rings is 1. The lowest BCUT2D eigenvalue weighted by atomic mass is 9.95. The van der Waals surface area contributed by atoms with E-state index in [9.17, 15) is 0 Å². The predicted molar refractivity (Wildman–Crippen MR) is 245 cm³/mol. The highest BCUT2D eigenvalue weighted by Crippen LogP contribution is 2.48. The molecule has 3 nitrogen and oxygen atoms in total. The highest BCUT2D eigenvalue weighted by Gasteiger charge is 2.23. The van der Waals surface area contributed by atoms with Gasteiger partial charge < -0.3 is 13.7 Å². The molecule has 0 spiro atoms. The average Bonchev–Trinajstić information content (AvgIpc) is 3.98. The molecule has 0 saturated carbocycles. The molecule has 0 N–H and O–H groups in total. The monoisotopic (exact) mass is 759 g/mol. The highest BCUT2D eigenvalue weighted by molar-refractivity contribution is 7.26. The molecule has 0 unspecified atom stereocenters. The van der Waals surface area contributed by atoms with Crippen LogP contribution in [0.1, 0.15) is 0 Å². The van der Waals surface area contributed by atoms with Crippen LogP contribution in [0.2, 0.25) is 0 Å². The number of rotatable bonds is 6. The maximum atomic E-state index is 7.09. The summed E-state index contributed by atoms with van der Waals surface area (Å²) in [6, 6.07) is 71.2. The van der Waals surface area contributed by atoms with E-state index < -0.39 is 0 Å². The Morgan fingerprint density at radius 1 is 0.362 bits per heavy atom. The topological polar surface area (TPSA) is 29.5 Å². The van der Waals surface area contributed by atoms with Gasteiger partial charge in [0, 0.05) is 60.0 Å². The molecule has 0 atom stereocenters. The molecule has 3 heterocycles. The van der Waals surface area contributed by atoms with Gasteiger partial charge >= 0.3 is 0 Å². The van der Waals surface area contributed by atoms with Crippen LogP contribution in [-0.4, -0.2) is 0 Å². The zero-order chi connectivity index (χ0) is 38.2. The van der Waals surface area contributed by atoms with Gasteiger partial charge in [-0.15, -0.1) is 11.3 Å². The van der Waals surface area contributed by atoms with Crippen LogP contribution in [0.5, 0.6) is 0 Å². The van der Waals surface area contributed by atoms with Crippen molar-refractivity contribution in [3.05, 3.63) is 200 Å². The SMILES string of the molecule is c1ccc(-c2ccc(-c3c4oc5cc(N(c6ccc(-c7ccccc7)cc6)c6cccc7c6sc6ccccc67)ccc5c4cc4oc5ccccc5c34)cc2)cc1. The van der Waals surface area contributed by atoms with Gasteiger partial charge in [0.05, 0.1) is 10.4 Å². The van der Waals surface area contributed by atoms with E-state index in [1.165, 1.54) is 42.4 Å². The number of para-hydroxylation sites is 1. The molecule has 12 aromatic rings. The smallest absolute Gasteiger partial charge is 0.144 e. The van der Waals surface area contributed by atoms with E-state index in [-0.39, 0.29) is 0 Å². The molecule has 0 fully saturated rings. The third kappa shape index (κ3) is 5.19. The lowest BCUT2D eigenvalue weighted by Crippen LogP contribution is -2.10. The maximum absolute atomic E-state index is 7.09. The van der Waals surface area contributed by atoms with Gasteiger partial charge in [0.1, 0.15) is 22.3 Å². The summed E-state index contributed by atoms with van der Waals surface area (Å²) in [6.07, 6.45) is 0. The van der Waals surface area contributed by atoms with Gasteiger partial charge in [-0.2, -0.15) is 0 Å². The van der Waals surface area contributed by atoms with Crippen molar-refractivity contribution >= 4 is 92.4 Å². The van der Waals surface area contributed by atoms with Crippen LogP contribution in [0.15, 0.2) is 209 Å². The van der Waals surface area contributed by atoms with Gasteiger partial charge in [-0.25, -0.2) is 0 Å². The molecule has 9 aromatic carbocycles. The Hall–Kier alpha value is -7.40. The zero-order valence-corrected chi connectivity index (χ0v) is 32.0. The molecule has 0 saturated heterocycles. The summed E-state index contributed by atoms with van der Waals surface area (Å²) in [4.78, 5) is 2.38. The summed E-state index contributed by atoms with van der Waals surface area (Å²) in [5, 5.41) is 6.74. The van der Waals surface area contributed by atoms with Gasteiger partial charge in [-0.1, -0.05) is 146 Å². The normalized spacial score (nSPS) is 11.8. The van der Waals surface area contributed by atoms with Crippen molar-refractivity contribution in [3.63, 3.8) is 0 Å². The molecule has 0 bridgehead atoms. The first kappa shape index (κ1) is 32.8. The van der Waals surface area contributed by atoms with E-state index in [0.717, 1.165) is 72.1 Å². The molecule has 0 aliphatic rings. The Bertz CT molecular complexity index is 3490. The minimum absolute atomic E-state index is 0.820. The van der Waals surface area contributed by atoms with Gasteiger partial charge in [-0.3, -0.25) is 0 Å². The van der Waals surface area contributed by atoms with E-state index in [1.807, 2.05) is 23.5 Å². The van der Waals surface area contributed by atoms with Crippen molar-refractivity contribution < 1.29 is 8.83 Å². The summed E-state index contributed by atoms with van der Waals surface area (Å²) < 4.78 is 16.2. The van der Waals surface area contributed by atoms with Crippen molar-refractivity contribution in [1.29, 1.82) is 0 Å². The molecule has 0 radical (unpaired) electrons. The minimum atomic E-state index is 0.820. The third-order valence-corrected chi connectivity index (χ3v) is 12.7. The van der Waals surface area contributed by atoms with Crippen LogP contribution in [-0.2, 0) is 0 Å². The Balaban J connectivity index is 1.08. The van der Waals surface area contributed by atoms with E-state index in [0.29, 0.717) is 0 Å². The van der Waals surface area contributed by atoms with Crippen LogP contribution in [0.25, 0.3) is 97.4 Å². The first-order chi connectivity index (χ1) is 28.7. The Morgan fingerprint density at radius 2 is 0.966 bits per heavy atom. The first-order valence-corrected chi connectivity index (χ1v) is 20.4. The van der Waals surface area contributed by atoms with E-state index in [1.54, 1.807) is 0 Å². The van der Waals surface area contributed by atoms with Crippen molar-refractivity contribution in [2.24, 2.45) is 0 Å². The number of hydrogen-bond donors (Lipinski definition) is 0. The van der Waals surface area contributed by atoms with Crippen molar-refractivity contribution in [2.45, 2.75) is 0 Å². The average molecular weight is 760 g/mol. The molecular formula is C54H33NO2S. The number of benzene rings is 9. The fourth-order valence-electron chi connectivity index (χ4n) is 8.75. The predicted octanol–water partition coefficient (Wildman–Crippen LogP) is 16.3. The van der Waals surface area contributed by atoms with E-state index in [2.05, 4.69) is 193 Å². The fraction of sp³-hybridized carbons (Fsp3) is 0. The molecule has 0 aliphatic heterocycles. The van der Waals surface area contributed by atoms with Crippen molar-refractivity contribution in [3.8, 4) is 33.4 Å². The fourth-order valence-corrected chi connectivity index (χ4v) is 9.95. The molecule has 4 heteroatoms. The quantitative estimate of drug-likeness (QED) is 0.169. The van der Waals surface area contributed by atoms with Crippen LogP contribution in [0.3, 0.4) is 0 Å². The van der Waals surface area contributed by atoms with Gasteiger partial charge in [-0.05, 0) is 76.3 Å². The molecule has 3 aromatic heterocycles. The number of fused-ring (bicyclic) bond motifs is 9. The maximum Gasteiger partial charge on any atom is 0.144 e. The Morgan fingerprint density at radius 3 is 1.72 bits per heavy atom. The molecule has 12 rings (SSSR count). The molecule has 58 heavy (non-hydrogen) atoms. The van der Waals surface area contributed by atoms with Crippen LogP contribution in [0.4, 0.5) is 17.1 Å². The molecule has 0 aliphatic carbocycles. The second kappa shape index (κ2) is 13.1. The molecular weight excluding hydrogens is 727 g/mol. The second-order valence-corrected chi connectivity index (χ2v) is 15.9. The van der Waals surface area contributed by atoms with Gasteiger partial charge in [0.15, 0.2) is 0 Å². The van der Waals surface area contributed by atoms with Crippen LogP contribution < -0.4 is 4.90 Å².